The zero-order chi connectivity index (χ0) is 21.1. The van der Waals surface area contributed by atoms with Crippen LogP contribution in [0.25, 0.3) is 11.4 Å². The summed E-state index contributed by atoms with van der Waals surface area (Å²) in [5.74, 6) is -0.327. The molecule has 0 atom stereocenters. The Labute approximate surface area is 167 Å². The van der Waals surface area contributed by atoms with Gasteiger partial charge in [0, 0.05) is 11.8 Å². The number of carbonyl (C=O) groups excluding carboxylic acids is 1. The zero-order valence-corrected chi connectivity index (χ0v) is 15.3. The second-order valence-electron chi connectivity index (χ2n) is 6.23. The summed E-state index contributed by atoms with van der Waals surface area (Å²) in [5.41, 5.74) is -0.518. The smallest absolute Gasteiger partial charge is 0.320 e. The van der Waals surface area contributed by atoms with Crippen molar-refractivity contribution in [2.24, 2.45) is 0 Å². The first kappa shape index (κ1) is 19.3. The maximum atomic E-state index is 13.1. The molecule has 0 saturated carbocycles. The van der Waals surface area contributed by atoms with Crippen molar-refractivity contribution in [1.82, 2.24) is 30.0 Å². The van der Waals surface area contributed by atoms with Crippen molar-refractivity contribution in [1.29, 1.82) is 0 Å². The molecule has 0 aliphatic rings. The minimum atomic E-state index is -4.58. The van der Waals surface area contributed by atoms with Crippen molar-refractivity contribution < 1.29 is 18.0 Å². The van der Waals surface area contributed by atoms with Crippen molar-refractivity contribution >= 4 is 11.6 Å². The third-order valence-corrected chi connectivity index (χ3v) is 4.11. The van der Waals surface area contributed by atoms with Crippen molar-refractivity contribution in [3.05, 3.63) is 78.1 Å². The van der Waals surface area contributed by atoms with E-state index in [-0.39, 0.29) is 18.1 Å². The van der Waals surface area contributed by atoms with Crippen LogP contribution in [-0.2, 0) is 12.8 Å². The van der Waals surface area contributed by atoms with Gasteiger partial charge in [0.2, 0.25) is 5.82 Å². The molecule has 30 heavy (non-hydrogen) atoms. The summed E-state index contributed by atoms with van der Waals surface area (Å²) in [6.45, 7) is 0.0756. The Kier molecular flexibility index (Phi) is 5.00. The lowest BCUT2D eigenvalue weighted by Crippen LogP contribution is -2.18. The molecule has 0 fully saturated rings. The number of benzene rings is 2. The third-order valence-electron chi connectivity index (χ3n) is 4.11. The highest BCUT2D eigenvalue weighted by Crippen LogP contribution is 2.34. The lowest BCUT2D eigenvalue weighted by atomic mass is 10.1. The van der Waals surface area contributed by atoms with Gasteiger partial charge in [-0.25, -0.2) is 4.68 Å². The molecule has 0 radical (unpaired) electrons. The normalized spacial score (nSPS) is 11.4. The molecule has 11 heteroatoms. The number of aromatic nitrogens is 6. The Morgan fingerprint density at radius 2 is 1.70 bits per heavy atom. The van der Waals surface area contributed by atoms with Crippen LogP contribution in [0.5, 0.6) is 0 Å². The molecule has 2 heterocycles. The minimum Gasteiger partial charge on any atom is -0.320 e. The Balaban J connectivity index is 1.46. The number of amides is 1. The molecule has 152 valence electrons. The number of nitrogens with zero attached hydrogens (tertiary/aromatic N) is 6. The number of hydrogen-bond acceptors (Lipinski definition) is 5. The number of alkyl halides is 3. The van der Waals surface area contributed by atoms with E-state index in [1.165, 1.54) is 39.9 Å². The summed E-state index contributed by atoms with van der Waals surface area (Å²) in [4.78, 5) is 13.6. The summed E-state index contributed by atoms with van der Waals surface area (Å²) in [7, 11) is 0. The zero-order valence-electron chi connectivity index (χ0n) is 15.3. The van der Waals surface area contributed by atoms with Crippen LogP contribution in [0, 0.1) is 0 Å². The van der Waals surface area contributed by atoms with Crippen LogP contribution >= 0.6 is 0 Å². The predicted octanol–water partition coefficient (Wildman–Crippen LogP) is 3.31. The number of para-hydroxylation sites is 1. The minimum absolute atomic E-state index is 0.0459. The topological polar surface area (TPSA) is 90.5 Å². The monoisotopic (exact) mass is 413 g/mol. The second-order valence-corrected chi connectivity index (χ2v) is 6.23. The highest BCUT2D eigenvalue weighted by molar-refractivity contribution is 6.03. The lowest BCUT2D eigenvalue weighted by molar-refractivity contribution is -0.136. The molecule has 2 aromatic carbocycles. The molecule has 0 spiro atoms. The second kappa shape index (κ2) is 7.78. The summed E-state index contributed by atoms with van der Waals surface area (Å²) in [5, 5.41) is 18.5. The Bertz CT molecular complexity index is 1170. The third kappa shape index (κ3) is 4.19. The number of carbonyl (C=O) groups is 1. The molecule has 0 aliphatic carbocycles. The quantitative estimate of drug-likeness (QED) is 0.542. The number of halogens is 3. The molecule has 0 aliphatic heterocycles. The van der Waals surface area contributed by atoms with E-state index >= 15 is 0 Å². The van der Waals surface area contributed by atoms with Gasteiger partial charge < -0.3 is 5.32 Å². The molecule has 2 aromatic heterocycles. The summed E-state index contributed by atoms with van der Waals surface area (Å²) < 4.78 is 40.6. The Hall–Kier alpha value is -4.02. The van der Waals surface area contributed by atoms with Crippen LogP contribution in [0.15, 0.2) is 66.9 Å². The van der Waals surface area contributed by atoms with Crippen LogP contribution in [0.1, 0.15) is 16.1 Å². The van der Waals surface area contributed by atoms with Gasteiger partial charge in [0.1, 0.15) is 0 Å². The summed E-state index contributed by atoms with van der Waals surface area (Å²) in [6.07, 6.45) is -3.09. The van der Waals surface area contributed by atoms with Crippen LogP contribution in [0.2, 0.25) is 0 Å². The summed E-state index contributed by atoms with van der Waals surface area (Å²) in [6, 6.07) is 15.4. The standard InChI is InChI=1S/C19H14F3N7O/c20-19(21,22)14-8-4-5-9-15(14)23-18(30)16-10-11-28(25-16)12-29-26-17(24-27-29)13-6-2-1-3-7-13/h1-11H,12H2,(H,23,30). The van der Waals surface area contributed by atoms with Gasteiger partial charge in [-0.05, 0) is 23.4 Å². The maximum Gasteiger partial charge on any atom is 0.418 e. The molecule has 4 rings (SSSR count). The van der Waals surface area contributed by atoms with Gasteiger partial charge in [-0.3, -0.25) is 4.79 Å². The molecule has 0 saturated heterocycles. The maximum absolute atomic E-state index is 13.1. The number of rotatable bonds is 5. The molecular weight excluding hydrogens is 399 g/mol. The first-order valence-electron chi connectivity index (χ1n) is 8.74. The van der Waals surface area contributed by atoms with Gasteiger partial charge >= 0.3 is 6.18 Å². The van der Waals surface area contributed by atoms with Gasteiger partial charge in [-0.15, -0.1) is 15.0 Å². The number of nitrogens with one attached hydrogen (secondary N) is 1. The first-order chi connectivity index (χ1) is 14.4. The highest BCUT2D eigenvalue weighted by atomic mass is 19.4. The van der Waals surface area contributed by atoms with E-state index < -0.39 is 17.6 Å². The van der Waals surface area contributed by atoms with Gasteiger partial charge in [0.15, 0.2) is 12.4 Å². The Morgan fingerprint density at radius 1 is 0.967 bits per heavy atom. The van der Waals surface area contributed by atoms with E-state index in [0.29, 0.717) is 5.82 Å². The largest absolute Gasteiger partial charge is 0.418 e. The molecular formula is C19H14F3N7O. The number of hydrogen-bond donors (Lipinski definition) is 1. The summed E-state index contributed by atoms with van der Waals surface area (Å²) >= 11 is 0. The van der Waals surface area contributed by atoms with Crippen molar-refractivity contribution in [3.63, 3.8) is 0 Å². The number of tetrazole rings is 1. The van der Waals surface area contributed by atoms with Crippen molar-refractivity contribution in [3.8, 4) is 11.4 Å². The van der Waals surface area contributed by atoms with E-state index in [9.17, 15) is 18.0 Å². The van der Waals surface area contributed by atoms with Crippen LogP contribution in [-0.4, -0.2) is 35.9 Å². The fraction of sp³-hybridized carbons (Fsp3) is 0.105. The van der Waals surface area contributed by atoms with Crippen LogP contribution in [0.3, 0.4) is 0 Å². The molecule has 4 aromatic rings. The van der Waals surface area contributed by atoms with Crippen molar-refractivity contribution in [2.75, 3.05) is 5.32 Å². The molecule has 0 unspecified atom stereocenters. The van der Waals surface area contributed by atoms with Gasteiger partial charge in [0.05, 0.1) is 11.3 Å². The fourth-order valence-electron chi connectivity index (χ4n) is 2.72. The molecule has 8 nitrogen and oxygen atoms in total. The first-order valence-corrected chi connectivity index (χ1v) is 8.74. The SMILES string of the molecule is O=C(Nc1ccccc1C(F)(F)F)c1ccn(Cn2nnc(-c3ccccc3)n2)n1. The van der Waals surface area contributed by atoms with Crippen molar-refractivity contribution in [2.45, 2.75) is 12.8 Å². The molecule has 1 amide bonds. The Morgan fingerprint density at radius 3 is 2.47 bits per heavy atom. The average molecular weight is 413 g/mol. The van der Waals surface area contributed by atoms with Gasteiger partial charge in [0.25, 0.3) is 5.91 Å². The highest BCUT2D eigenvalue weighted by Gasteiger charge is 2.33. The van der Waals surface area contributed by atoms with E-state index in [2.05, 4.69) is 25.8 Å². The van der Waals surface area contributed by atoms with Crippen LogP contribution < -0.4 is 5.32 Å². The van der Waals surface area contributed by atoms with Crippen LogP contribution in [0.4, 0.5) is 18.9 Å². The molecule has 1 N–H and O–H groups in total. The predicted molar refractivity (Wildman–Crippen MR) is 100 cm³/mol. The van der Waals surface area contributed by atoms with E-state index in [1.54, 1.807) is 0 Å². The van der Waals surface area contributed by atoms with E-state index in [0.717, 1.165) is 11.6 Å². The van der Waals surface area contributed by atoms with Gasteiger partial charge in [-0.2, -0.15) is 18.3 Å². The van der Waals surface area contributed by atoms with Gasteiger partial charge in [-0.1, -0.05) is 42.5 Å². The van der Waals surface area contributed by atoms with E-state index in [1.807, 2.05) is 30.3 Å². The average Bonchev–Trinajstić information content (AvgIpc) is 3.38. The van der Waals surface area contributed by atoms with E-state index in [4.69, 9.17) is 0 Å². The fourth-order valence-corrected chi connectivity index (χ4v) is 2.72. The number of anilines is 1. The lowest BCUT2D eigenvalue weighted by Gasteiger charge is -2.12. The molecule has 0 bridgehead atoms.